The van der Waals surface area contributed by atoms with Gasteiger partial charge in [0.05, 0.1) is 23.2 Å². The van der Waals surface area contributed by atoms with E-state index in [0.29, 0.717) is 35.3 Å². The lowest BCUT2D eigenvalue weighted by Gasteiger charge is -2.21. The van der Waals surface area contributed by atoms with Gasteiger partial charge in [0.25, 0.3) is 0 Å². The molecular weight excluding hydrogens is 478 g/mol. The van der Waals surface area contributed by atoms with Gasteiger partial charge in [0.15, 0.2) is 0 Å². The average Bonchev–Trinajstić information content (AvgIpc) is 3.24. The number of carbonyl (C=O) groups is 1. The first kappa shape index (κ1) is 23.3. The third-order valence-corrected chi connectivity index (χ3v) is 6.62. The van der Waals surface area contributed by atoms with E-state index in [0.717, 1.165) is 20.9 Å². The van der Waals surface area contributed by atoms with Crippen LogP contribution in [0.5, 0.6) is 0 Å². The van der Waals surface area contributed by atoms with Crippen LogP contribution in [0.25, 0.3) is 34.3 Å². The van der Waals surface area contributed by atoms with Crippen LogP contribution in [0.1, 0.15) is 55.8 Å². The number of aromatic carboxylic acids is 1. The van der Waals surface area contributed by atoms with Crippen molar-refractivity contribution in [1.82, 2.24) is 15.3 Å². The Bertz CT molecular complexity index is 1340. The molecule has 0 spiro atoms. The number of fused-ring (bicyclic) bond motifs is 1. The number of aromatic nitrogens is 2. The summed E-state index contributed by atoms with van der Waals surface area (Å²) in [4.78, 5) is 20.1. The van der Waals surface area contributed by atoms with Gasteiger partial charge in [0.2, 0.25) is 0 Å². The smallest absolute Gasteiger partial charge is 0.336 e. The summed E-state index contributed by atoms with van der Waals surface area (Å²) in [5.74, 6) is 5.35. The highest BCUT2D eigenvalue weighted by atomic mass is 79.9. The first-order valence-corrected chi connectivity index (χ1v) is 12.2. The minimum atomic E-state index is -0.971. The first-order chi connectivity index (χ1) is 16.1. The van der Waals surface area contributed by atoms with Crippen molar-refractivity contribution in [2.45, 2.75) is 51.5 Å². The molecule has 4 rings (SSSR count). The summed E-state index contributed by atoms with van der Waals surface area (Å²) in [5.41, 5.74) is 2.71. The second-order valence-corrected chi connectivity index (χ2v) is 9.23. The molecule has 3 aromatic rings. The summed E-state index contributed by atoms with van der Waals surface area (Å²) in [6.07, 6.45) is 12.5. The van der Waals surface area contributed by atoms with Crippen LogP contribution in [-0.4, -0.2) is 33.6 Å². The molecular formula is C27H28BrN3O2. The number of hydrogen-bond donors (Lipinski definition) is 3. The van der Waals surface area contributed by atoms with E-state index in [4.69, 9.17) is 4.98 Å². The van der Waals surface area contributed by atoms with Crippen molar-refractivity contribution in [3.8, 4) is 23.1 Å². The van der Waals surface area contributed by atoms with Gasteiger partial charge in [0.1, 0.15) is 0 Å². The summed E-state index contributed by atoms with van der Waals surface area (Å²) in [7, 11) is 0. The second-order valence-electron chi connectivity index (χ2n) is 8.32. The lowest BCUT2D eigenvalue weighted by atomic mass is 9.96. The number of H-pyrrole nitrogens is 1. The van der Waals surface area contributed by atoms with Crippen LogP contribution in [0.4, 0.5) is 0 Å². The number of benzene rings is 1. The molecule has 1 saturated carbocycles. The normalized spacial score (nSPS) is 15.6. The Balaban J connectivity index is 1.62. The first-order valence-electron chi connectivity index (χ1n) is 11.4. The van der Waals surface area contributed by atoms with Crippen LogP contribution in [0.3, 0.4) is 0 Å². The molecule has 170 valence electrons. The number of rotatable bonds is 5. The Kier molecular flexibility index (Phi) is 7.64. The fraction of sp³-hybridized carbons (Fsp3) is 0.333. The molecule has 2 heterocycles. The number of halogens is 1. The zero-order chi connectivity index (χ0) is 23.2. The zero-order valence-electron chi connectivity index (χ0n) is 18.7. The number of aromatic amines is 1. The molecule has 2 aromatic heterocycles. The minimum Gasteiger partial charge on any atom is -0.478 e. The molecule has 0 unspecified atom stereocenters. The maximum Gasteiger partial charge on any atom is 0.336 e. The Morgan fingerprint density at radius 3 is 2.85 bits per heavy atom. The topological polar surface area (TPSA) is 78.0 Å². The summed E-state index contributed by atoms with van der Waals surface area (Å²) in [6, 6.07) is 8.20. The molecule has 33 heavy (non-hydrogen) atoms. The van der Waals surface area contributed by atoms with Crippen molar-refractivity contribution in [3.63, 3.8) is 0 Å². The lowest BCUT2D eigenvalue weighted by molar-refractivity contribution is 0.0695. The van der Waals surface area contributed by atoms with Gasteiger partial charge < -0.3 is 15.4 Å². The van der Waals surface area contributed by atoms with Crippen molar-refractivity contribution in [2.24, 2.45) is 0 Å². The van der Waals surface area contributed by atoms with Gasteiger partial charge in [0, 0.05) is 44.8 Å². The van der Waals surface area contributed by atoms with E-state index in [1.54, 1.807) is 6.07 Å². The lowest BCUT2D eigenvalue weighted by Crippen LogP contribution is -2.34. The Labute approximate surface area is 202 Å². The van der Waals surface area contributed by atoms with E-state index in [1.807, 2.05) is 43.5 Å². The fourth-order valence-electron chi connectivity index (χ4n) is 4.42. The van der Waals surface area contributed by atoms with Gasteiger partial charge in [-0.25, -0.2) is 9.78 Å². The van der Waals surface area contributed by atoms with Crippen LogP contribution >= 0.6 is 15.9 Å². The summed E-state index contributed by atoms with van der Waals surface area (Å²) in [5, 5.41) is 15.7. The Morgan fingerprint density at radius 2 is 2.09 bits per heavy atom. The van der Waals surface area contributed by atoms with Gasteiger partial charge >= 0.3 is 5.97 Å². The van der Waals surface area contributed by atoms with Crippen LogP contribution in [-0.2, 0) is 0 Å². The van der Waals surface area contributed by atoms with Gasteiger partial charge in [-0.1, -0.05) is 59.2 Å². The number of carboxylic acid groups (broad SMARTS) is 1. The number of nitrogens with zero attached hydrogens (tertiary/aromatic N) is 1. The van der Waals surface area contributed by atoms with Crippen molar-refractivity contribution in [1.29, 1.82) is 0 Å². The van der Waals surface area contributed by atoms with Gasteiger partial charge in [-0.3, -0.25) is 0 Å². The van der Waals surface area contributed by atoms with Crippen LogP contribution in [0.15, 0.2) is 34.9 Å². The summed E-state index contributed by atoms with van der Waals surface area (Å²) < 4.78 is 0.957. The monoisotopic (exact) mass is 505 g/mol. The SMILES string of the molecule is C/C=c1/nc(-c2c[nH]c3ccc(Br)cc23)cc(C(=O)O)/c1=C/CC#CCNC1CCCCC1. The maximum atomic E-state index is 12.1. The highest BCUT2D eigenvalue weighted by Gasteiger charge is 2.14. The molecule has 1 fully saturated rings. The summed E-state index contributed by atoms with van der Waals surface area (Å²) in [6.45, 7) is 2.55. The fourth-order valence-corrected chi connectivity index (χ4v) is 4.78. The molecule has 0 atom stereocenters. The van der Waals surface area contributed by atoms with Crippen molar-refractivity contribution in [3.05, 3.63) is 51.1 Å². The largest absolute Gasteiger partial charge is 0.478 e. The van der Waals surface area contributed by atoms with E-state index in [9.17, 15) is 9.90 Å². The molecule has 0 aliphatic heterocycles. The molecule has 0 bridgehead atoms. The Morgan fingerprint density at radius 1 is 1.27 bits per heavy atom. The number of pyridine rings is 1. The molecule has 0 saturated heterocycles. The second kappa shape index (κ2) is 10.8. The van der Waals surface area contributed by atoms with Crippen molar-refractivity contribution >= 4 is 45.0 Å². The maximum absolute atomic E-state index is 12.1. The molecule has 1 aliphatic rings. The van der Waals surface area contributed by atoms with E-state index in [-0.39, 0.29) is 5.56 Å². The number of nitrogens with one attached hydrogen (secondary N) is 2. The van der Waals surface area contributed by atoms with E-state index in [1.165, 1.54) is 32.1 Å². The third kappa shape index (κ3) is 5.55. The third-order valence-electron chi connectivity index (χ3n) is 6.13. The molecule has 0 radical (unpaired) electrons. The molecule has 6 heteroatoms. The van der Waals surface area contributed by atoms with Crippen LogP contribution in [0.2, 0.25) is 0 Å². The predicted molar refractivity (Wildman–Crippen MR) is 137 cm³/mol. The summed E-state index contributed by atoms with van der Waals surface area (Å²) >= 11 is 3.51. The molecule has 0 amide bonds. The van der Waals surface area contributed by atoms with Gasteiger partial charge in [-0.05, 0) is 44.0 Å². The van der Waals surface area contributed by atoms with Gasteiger partial charge in [-0.15, -0.1) is 0 Å². The van der Waals surface area contributed by atoms with E-state index < -0.39 is 5.97 Å². The van der Waals surface area contributed by atoms with Gasteiger partial charge in [-0.2, -0.15) is 0 Å². The standard InChI is InChI=1S/C27H28BrN3O2/c1-2-24-20(11-7-4-8-14-29-19-9-5-3-6-10-19)22(27(32)33)16-26(31-24)23-17-30-25-13-12-18(28)15-21(23)25/h2,11-13,15-17,19,29-30H,3,5-7,9-10,14H2,1H3,(H,32,33)/b20-11-,24-2+. The molecule has 1 aliphatic carbocycles. The molecule has 1 aromatic carbocycles. The minimum absolute atomic E-state index is 0.236. The highest BCUT2D eigenvalue weighted by Crippen LogP contribution is 2.29. The van der Waals surface area contributed by atoms with Crippen molar-refractivity contribution < 1.29 is 9.90 Å². The molecule has 5 nitrogen and oxygen atoms in total. The predicted octanol–water partition coefficient (Wildman–Crippen LogP) is 4.59. The quantitative estimate of drug-likeness (QED) is 0.443. The van der Waals surface area contributed by atoms with E-state index in [2.05, 4.69) is 38.1 Å². The van der Waals surface area contributed by atoms with Crippen LogP contribution in [0, 0.1) is 11.8 Å². The molecule has 3 N–H and O–H groups in total. The van der Waals surface area contributed by atoms with Crippen molar-refractivity contribution in [2.75, 3.05) is 6.54 Å². The van der Waals surface area contributed by atoms with Crippen LogP contribution < -0.4 is 15.9 Å². The average molecular weight is 506 g/mol. The number of carboxylic acids is 1. The number of hydrogen-bond acceptors (Lipinski definition) is 3. The van der Waals surface area contributed by atoms with E-state index >= 15 is 0 Å². The highest BCUT2D eigenvalue weighted by molar-refractivity contribution is 9.10. The zero-order valence-corrected chi connectivity index (χ0v) is 20.3. The Hall–Kier alpha value is -2.88.